The Morgan fingerprint density at radius 3 is 2.88 bits per heavy atom. The average molecular weight is 241 g/mol. The number of rotatable bonds is 8. The smallest absolute Gasteiger partial charge is 0.0860 e. The molecule has 0 bridgehead atoms. The van der Waals surface area contributed by atoms with Gasteiger partial charge in [-0.25, -0.2) is 0 Å². The number of aliphatic hydroxyl groups excluding tert-OH is 1. The second-order valence-electron chi connectivity index (χ2n) is 4.76. The van der Waals surface area contributed by atoms with Crippen molar-refractivity contribution in [3.05, 3.63) is 18.5 Å². The van der Waals surface area contributed by atoms with Crippen LogP contribution in [0, 0.1) is 0 Å². The summed E-state index contributed by atoms with van der Waals surface area (Å²) in [7, 11) is 0. The van der Waals surface area contributed by atoms with Gasteiger partial charge in [0.2, 0.25) is 0 Å². The van der Waals surface area contributed by atoms with Crippen molar-refractivity contribution in [2.24, 2.45) is 0 Å². The number of hydrogen-bond donors (Lipinski definition) is 3. The predicted octanol–water partition coefficient (Wildman–Crippen LogP) is 0.385. The van der Waals surface area contributed by atoms with Crippen molar-refractivity contribution in [1.82, 2.24) is 15.1 Å². The van der Waals surface area contributed by atoms with Crippen molar-refractivity contribution in [2.45, 2.75) is 44.9 Å². The lowest BCUT2D eigenvalue weighted by molar-refractivity contribution is 0.0452. The summed E-state index contributed by atoms with van der Waals surface area (Å²) in [6.07, 6.45) is 4.72. The average Bonchev–Trinajstić information content (AvgIpc) is 2.69. The minimum Gasteiger partial charge on any atom is -0.390 e. The van der Waals surface area contributed by atoms with E-state index in [1.807, 2.05) is 26.1 Å². The quantitative estimate of drug-likeness (QED) is 0.615. The van der Waals surface area contributed by atoms with Gasteiger partial charge >= 0.3 is 0 Å². The monoisotopic (exact) mass is 241 g/mol. The second kappa shape index (κ2) is 6.74. The lowest BCUT2D eigenvalue weighted by Crippen LogP contribution is -2.41. The van der Waals surface area contributed by atoms with Gasteiger partial charge in [-0.2, -0.15) is 5.10 Å². The molecule has 0 saturated heterocycles. The molecule has 3 N–H and O–H groups in total. The van der Waals surface area contributed by atoms with Crippen LogP contribution in [0.2, 0.25) is 0 Å². The van der Waals surface area contributed by atoms with Gasteiger partial charge in [0.1, 0.15) is 0 Å². The molecule has 1 aromatic heterocycles. The van der Waals surface area contributed by atoms with Gasteiger partial charge in [0.05, 0.1) is 18.2 Å². The maximum absolute atomic E-state index is 9.92. The van der Waals surface area contributed by atoms with Crippen LogP contribution in [0.3, 0.4) is 0 Å². The van der Waals surface area contributed by atoms with E-state index < -0.39 is 11.7 Å². The minimum atomic E-state index is -0.694. The van der Waals surface area contributed by atoms with Gasteiger partial charge in [-0.05, 0) is 19.4 Å². The number of aliphatic hydroxyl groups is 2. The topological polar surface area (TPSA) is 70.3 Å². The van der Waals surface area contributed by atoms with Crippen LogP contribution >= 0.6 is 0 Å². The zero-order valence-corrected chi connectivity index (χ0v) is 10.6. The molecular formula is C12H23N3O2. The molecule has 0 fully saturated rings. The predicted molar refractivity (Wildman–Crippen MR) is 66.6 cm³/mol. The third-order valence-electron chi connectivity index (χ3n) is 2.63. The highest BCUT2D eigenvalue weighted by Crippen LogP contribution is 2.09. The number of aromatic nitrogens is 2. The summed E-state index contributed by atoms with van der Waals surface area (Å²) >= 11 is 0. The van der Waals surface area contributed by atoms with Gasteiger partial charge in [-0.1, -0.05) is 13.3 Å². The largest absolute Gasteiger partial charge is 0.390 e. The fourth-order valence-electron chi connectivity index (χ4n) is 1.82. The van der Waals surface area contributed by atoms with Crippen molar-refractivity contribution in [3.8, 4) is 0 Å². The molecule has 98 valence electrons. The zero-order chi connectivity index (χ0) is 12.7. The number of nitrogens with one attached hydrogen (secondary N) is 1. The van der Waals surface area contributed by atoms with Crippen molar-refractivity contribution in [2.75, 3.05) is 13.1 Å². The van der Waals surface area contributed by atoms with Gasteiger partial charge in [0.25, 0.3) is 0 Å². The molecule has 5 nitrogen and oxygen atoms in total. The zero-order valence-electron chi connectivity index (χ0n) is 10.6. The van der Waals surface area contributed by atoms with Crippen molar-refractivity contribution in [1.29, 1.82) is 0 Å². The van der Waals surface area contributed by atoms with Gasteiger partial charge in [0, 0.05) is 25.5 Å². The fraction of sp³-hybridized carbons (Fsp3) is 0.750. The van der Waals surface area contributed by atoms with Gasteiger partial charge in [-0.15, -0.1) is 0 Å². The van der Waals surface area contributed by atoms with E-state index in [4.69, 9.17) is 0 Å². The lowest BCUT2D eigenvalue weighted by Gasteiger charge is -2.23. The van der Waals surface area contributed by atoms with Gasteiger partial charge < -0.3 is 15.5 Å². The van der Waals surface area contributed by atoms with Crippen LogP contribution in [0.15, 0.2) is 18.5 Å². The van der Waals surface area contributed by atoms with Gasteiger partial charge in [0.15, 0.2) is 0 Å². The Bertz CT molecular complexity index is 299. The summed E-state index contributed by atoms with van der Waals surface area (Å²) in [6.45, 7) is 5.27. The molecule has 0 aliphatic heterocycles. The summed E-state index contributed by atoms with van der Waals surface area (Å²) in [5, 5.41) is 26.8. The van der Waals surface area contributed by atoms with Gasteiger partial charge in [-0.3, -0.25) is 4.68 Å². The molecule has 0 saturated carbocycles. The van der Waals surface area contributed by atoms with Crippen LogP contribution in [0.1, 0.15) is 26.7 Å². The highest BCUT2D eigenvalue weighted by atomic mass is 16.3. The van der Waals surface area contributed by atoms with Crippen LogP contribution in [-0.2, 0) is 6.54 Å². The van der Waals surface area contributed by atoms with E-state index in [9.17, 15) is 10.2 Å². The van der Waals surface area contributed by atoms with E-state index in [0.717, 1.165) is 12.8 Å². The standard InChI is InChI=1S/C12H23N3O2/c1-3-5-12(2,17)10-13-8-11(16)9-15-7-4-6-14-15/h4,6-7,11,13,16-17H,3,5,8-10H2,1-2H3. The Labute approximate surface area is 102 Å². The van der Waals surface area contributed by atoms with E-state index in [-0.39, 0.29) is 0 Å². The van der Waals surface area contributed by atoms with Crippen LogP contribution in [0.4, 0.5) is 0 Å². The Hall–Kier alpha value is -0.910. The van der Waals surface area contributed by atoms with E-state index in [2.05, 4.69) is 10.4 Å². The Balaban J connectivity index is 2.18. The highest BCUT2D eigenvalue weighted by molar-refractivity contribution is 4.79. The molecule has 17 heavy (non-hydrogen) atoms. The molecule has 2 unspecified atom stereocenters. The first-order chi connectivity index (χ1) is 8.03. The van der Waals surface area contributed by atoms with Crippen molar-refractivity contribution >= 4 is 0 Å². The molecule has 1 rings (SSSR count). The first kappa shape index (κ1) is 14.2. The molecule has 0 aliphatic carbocycles. The summed E-state index contributed by atoms with van der Waals surface area (Å²) in [4.78, 5) is 0. The Morgan fingerprint density at radius 1 is 1.53 bits per heavy atom. The number of hydrogen-bond acceptors (Lipinski definition) is 4. The molecule has 1 heterocycles. The van der Waals surface area contributed by atoms with E-state index in [1.165, 1.54) is 0 Å². The van der Waals surface area contributed by atoms with E-state index >= 15 is 0 Å². The SMILES string of the molecule is CCCC(C)(O)CNCC(O)Cn1cccn1. The molecule has 0 aromatic carbocycles. The molecule has 0 aliphatic rings. The number of nitrogens with zero attached hydrogens (tertiary/aromatic N) is 2. The minimum absolute atomic E-state index is 0.458. The molecule has 0 amide bonds. The first-order valence-corrected chi connectivity index (χ1v) is 6.12. The normalized spacial score (nSPS) is 16.7. The molecule has 0 radical (unpaired) electrons. The summed E-state index contributed by atoms with van der Waals surface area (Å²) in [5.41, 5.74) is -0.694. The molecule has 1 aromatic rings. The van der Waals surface area contributed by atoms with E-state index in [0.29, 0.717) is 19.6 Å². The Kier molecular flexibility index (Phi) is 5.61. The highest BCUT2D eigenvalue weighted by Gasteiger charge is 2.18. The maximum Gasteiger partial charge on any atom is 0.0860 e. The molecule has 5 heteroatoms. The van der Waals surface area contributed by atoms with Crippen LogP contribution in [0.25, 0.3) is 0 Å². The van der Waals surface area contributed by atoms with E-state index in [1.54, 1.807) is 10.9 Å². The second-order valence-corrected chi connectivity index (χ2v) is 4.76. The lowest BCUT2D eigenvalue weighted by atomic mass is 10.0. The molecule has 0 spiro atoms. The Morgan fingerprint density at radius 2 is 2.29 bits per heavy atom. The van der Waals surface area contributed by atoms with Crippen molar-refractivity contribution in [3.63, 3.8) is 0 Å². The summed E-state index contributed by atoms with van der Waals surface area (Å²) in [6, 6.07) is 1.83. The summed E-state index contributed by atoms with van der Waals surface area (Å²) in [5.74, 6) is 0. The van der Waals surface area contributed by atoms with Crippen molar-refractivity contribution < 1.29 is 10.2 Å². The molecule has 2 atom stereocenters. The third-order valence-corrected chi connectivity index (χ3v) is 2.63. The fourth-order valence-corrected chi connectivity index (χ4v) is 1.82. The third kappa shape index (κ3) is 5.81. The van der Waals surface area contributed by atoms with Crippen LogP contribution in [0.5, 0.6) is 0 Å². The molecular weight excluding hydrogens is 218 g/mol. The maximum atomic E-state index is 9.92. The van der Waals surface area contributed by atoms with Crippen LogP contribution < -0.4 is 5.32 Å². The first-order valence-electron chi connectivity index (χ1n) is 6.12. The van der Waals surface area contributed by atoms with Crippen LogP contribution in [-0.4, -0.2) is 44.8 Å². The summed E-state index contributed by atoms with van der Waals surface area (Å²) < 4.78 is 1.69.